The second-order valence-corrected chi connectivity index (χ2v) is 10.3. The van der Waals surface area contributed by atoms with Crippen molar-refractivity contribution < 1.29 is 9.59 Å². The molecule has 4 aromatic carbocycles. The lowest BCUT2D eigenvalue weighted by molar-refractivity contribution is -0.116. The predicted molar refractivity (Wildman–Crippen MR) is 150 cm³/mol. The maximum Gasteiger partial charge on any atom is 0.242 e. The molecule has 1 unspecified atom stereocenters. The lowest BCUT2D eigenvalue weighted by atomic mass is 10.1. The summed E-state index contributed by atoms with van der Waals surface area (Å²) in [7, 11) is 0. The number of hydrogen-bond donors (Lipinski definition) is 2. The van der Waals surface area contributed by atoms with E-state index in [1.165, 1.54) is 11.8 Å². The van der Waals surface area contributed by atoms with Gasteiger partial charge in [0.15, 0.2) is 0 Å². The van der Waals surface area contributed by atoms with E-state index in [2.05, 4.69) is 10.6 Å². The second-order valence-electron chi connectivity index (χ2n) is 7.88. The number of halogens is 3. The first-order valence-electron chi connectivity index (χ1n) is 11.0. The van der Waals surface area contributed by atoms with Crippen LogP contribution in [0.25, 0.3) is 0 Å². The molecular formula is C28H21Cl3N2O2S. The van der Waals surface area contributed by atoms with Crippen LogP contribution >= 0.6 is 46.6 Å². The minimum atomic E-state index is -0.536. The Hall–Kier alpha value is -2.96. The van der Waals surface area contributed by atoms with Gasteiger partial charge >= 0.3 is 0 Å². The Bertz CT molecular complexity index is 1350. The molecule has 182 valence electrons. The third kappa shape index (κ3) is 7.05. The van der Waals surface area contributed by atoms with E-state index in [9.17, 15) is 9.59 Å². The van der Waals surface area contributed by atoms with Crippen LogP contribution in [0, 0.1) is 0 Å². The van der Waals surface area contributed by atoms with Crippen molar-refractivity contribution in [1.29, 1.82) is 0 Å². The molecule has 0 spiro atoms. The normalized spacial score (nSPS) is 11.5. The van der Waals surface area contributed by atoms with Gasteiger partial charge in [0.2, 0.25) is 11.8 Å². The molecule has 0 aliphatic carbocycles. The van der Waals surface area contributed by atoms with Gasteiger partial charge in [0.1, 0.15) is 5.25 Å². The number of nitrogens with one attached hydrogen (secondary N) is 2. The molecule has 0 aromatic heterocycles. The van der Waals surface area contributed by atoms with Gasteiger partial charge in [-0.3, -0.25) is 9.59 Å². The standard InChI is InChI=1S/C28H21Cl3N2O2S/c29-20-11-9-18(10-12-20)17-25(34)32-21-13-15-22(16-14-21)36-27(19-5-2-1-3-6-19)28(35)33-24-8-4-7-23(30)26(24)31/h1-16,27H,17H2,(H,32,34)(H,33,35). The summed E-state index contributed by atoms with van der Waals surface area (Å²) in [5, 5.41) is 6.55. The molecule has 0 bridgehead atoms. The van der Waals surface area contributed by atoms with Crippen molar-refractivity contribution in [1.82, 2.24) is 0 Å². The van der Waals surface area contributed by atoms with Crippen LogP contribution in [0.5, 0.6) is 0 Å². The lowest BCUT2D eigenvalue weighted by Gasteiger charge is -2.18. The van der Waals surface area contributed by atoms with Gasteiger partial charge in [-0.25, -0.2) is 0 Å². The largest absolute Gasteiger partial charge is 0.326 e. The molecule has 0 saturated carbocycles. The van der Waals surface area contributed by atoms with E-state index in [-0.39, 0.29) is 18.2 Å². The average Bonchev–Trinajstić information content (AvgIpc) is 2.88. The first kappa shape index (κ1) is 26.1. The number of rotatable bonds is 8. The quantitative estimate of drug-likeness (QED) is 0.215. The monoisotopic (exact) mass is 554 g/mol. The molecular weight excluding hydrogens is 535 g/mol. The Morgan fingerprint density at radius 2 is 1.44 bits per heavy atom. The third-order valence-electron chi connectivity index (χ3n) is 5.22. The lowest BCUT2D eigenvalue weighted by Crippen LogP contribution is -2.19. The number of benzene rings is 4. The molecule has 0 fully saturated rings. The van der Waals surface area contributed by atoms with Crippen molar-refractivity contribution in [2.45, 2.75) is 16.6 Å². The minimum Gasteiger partial charge on any atom is -0.326 e. The van der Waals surface area contributed by atoms with Gasteiger partial charge in [0, 0.05) is 15.6 Å². The maximum atomic E-state index is 13.3. The topological polar surface area (TPSA) is 58.2 Å². The highest BCUT2D eigenvalue weighted by Crippen LogP contribution is 2.38. The summed E-state index contributed by atoms with van der Waals surface area (Å²) in [6.45, 7) is 0. The smallest absolute Gasteiger partial charge is 0.242 e. The molecule has 2 amide bonds. The highest BCUT2D eigenvalue weighted by molar-refractivity contribution is 8.00. The van der Waals surface area contributed by atoms with Gasteiger partial charge in [-0.2, -0.15) is 0 Å². The highest BCUT2D eigenvalue weighted by atomic mass is 35.5. The van der Waals surface area contributed by atoms with Crippen LogP contribution in [-0.2, 0) is 16.0 Å². The Balaban J connectivity index is 1.45. The zero-order valence-corrected chi connectivity index (χ0v) is 22.0. The maximum absolute atomic E-state index is 13.3. The van der Waals surface area contributed by atoms with Crippen LogP contribution in [0.15, 0.2) is 102 Å². The molecule has 0 aliphatic heterocycles. The van der Waals surface area contributed by atoms with Crippen molar-refractivity contribution in [3.63, 3.8) is 0 Å². The first-order valence-corrected chi connectivity index (χ1v) is 13.0. The third-order valence-corrected chi connectivity index (χ3v) is 7.56. The molecule has 0 aliphatic rings. The van der Waals surface area contributed by atoms with Gasteiger partial charge in [0.25, 0.3) is 0 Å². The molecule has 0 heterocycles. The van der Waals surface area contributed by atoms with Crippen molar-refractivity contribution in [3.8, 4) is 0 Å². The SMILES string of the molecule is O=C(Cc1ccc(Cl)cc1)Nc1ccc(SC(C(=O)Nc2cccc(Cl)c2Cl)c2ccccc2)cc1. The van der Waals surface area contributed by atoms with Crippen molar-refractivity contribution >= 4 is 69.8 Å². The number of carbonyl (C=O) groups is 2. The molecule has 0 radical (unpaired) electrons. The van der Waals surface area contributed by atoms with Crippen LogP contribution in [0.3, 0.4) is 0 Å². The van der Waals surface area contributed by atoms with Crippen molar-refractivity contribution in [2.75, 3.05) is 10.6 Å². The molecule has 8 heteroatoms. The Labute approximate surface area is 229 Å². The number of hydrogen-bond acceptors (Lipinski definition) is 3. The first-order chi connectivity index (χ1) is 17.4. The van der Waals surface area contributed by atoms with Crippen LogP contribution in [-0.4, -0.2) is 11.8 Å². The van der Waals surface area contributed by atoms with E-state index < -0.39 is 5.25 Å². The summed E-state index contributed by atoms with van der Waals surface area (Å²) < 4.78 is 0. The average molecular weight is 556 g/mol. The fourth-order valence-electron chi connectivity index (χ4n) is 3.45. The van der Waals surface area contributed by atoms with Crippen LogP contribution in [0.4, 0.5) is 11.4 Å². The van der Waals surface area contributed by atoms with E-state index in [1.54, 1.807) is 30.3 Å². The van der Waals surface area contributed by atoms with E-state index in [0.717, 1.165) is 16.0 Å². The molecule has 2 N–H and O–H groups in total. The number of anilines is 2. The van der Waals surface area contributed by atoms with Crippen molar-refractivity contribution in [2.24, 2.45) is 0 Å². The van der Waals surface area contributed by atoms with E-state index in [1.807, 2.05) is 66.7 Å². The molecule has 1 atom stereocenters. The predicted octanol–water partition coefficient (Wildman–Crippen LogP) is 8.30. The van der Waals surface area contributed by atoms with Gasteiger partial charge in [-0.15, -0.1) is 11.8 Å². The zero-order chi connectivity index (χ0) is 25.5. The fraction of sp³-hybridized carbons (Fsp3) is 0.0714. The van der Waals surface area contributed by atoms with Gasteiger partial charge in [0.05, 0.1) is 22.2 Å². The highest BCUT2D eigenvalue weighted by Gasteiger charge is 2.23. The van der Waals surface area contributed by atoms with Gasteiger partial charge in [-0.1, -0.05) is 83.3 Å². The second kappa shape index (κ2) is 12.3. The van der Waals surface area contributed by atoms with Crippen LogP contribution < -0.4 is 10.6 Å². The summed E-state index contributed by atoms with van der Waals surface area (Å²) in [4.78, 5) is 26.6. The minimum absolute atomic E-state index is 0.127. The fourth-order valence-corrected chi connectivity index (χ4v) is 4.94. The zero-order valence-electron chi connectivity index (χ0n) is 18.9. The summed E-state index contributed by atoms with van der Waals surface area (Å²) in [6.07, 6.45) is 0.246. The molecule has 4 nitrogen and oxygen atoms in total. The number of carbonyl (C=O) groups excluding carboxylic acids is 2. The van der Waals surface area contributed by atoms with Crippen molar-refractivity contribution in [3.05, 3.63) is 123 Å². The molecule has 4 aromatic rings. The Morgan fingerprint density at radius 3 is 2.14 bits per heavy atom. The summed E-state index contributed by atoms with van der Waals surface area (Å²) in [5.74, 6) is -0.353. The Morgan fingerprint density at radius 1 is 0.750 bits per heavy atom. The molecule has 4 rings (SSSR count). The van der Waals surface area contributed by atoms with Gasteiger partial charge in [-0.05, 0) is 59.7 Å². The number of thioether (sulfide) groups is 1. The summed E-state index contributed by atoms with van der Waals surface area (Å²) in [5.41, 5.74) is 2.85. The van der Waals surface area contributed by atoms with Crippen LogP contribution in [0.1, 0.15) is 16.4 Å². The summed E-state index contributed by atoms with van der Waals surface area (Å²) in [6, 6.07) is 29.1. The van der Waals surface area contributed by atoms with Crippen LogP contribution in [0.2, 0.25) is 15.1 Å². The Kier molecular flexibility index (Phi) is 8.94. The molecule has 36 heavy (non-hydrogen) atoms. The number of amides is 2. The van der Waals surface area contributed by atoms with E-state index in [0.29, 0.717) is 26.4 Å². The van der Waals surface area contributed by atoms with E-state index in [4.69, 9.17) is 34.8 Å². The van der Waals surface area contributed by atoms with E-state index >= 15 is 0 Å². The molecule has 0 saturated heterocycles. The summed E-state index contributed by atoms with van der Waals surface area (Å²) >= 11 is 19.7. The van der Waals surface area contributed by atoms with Gasteiger partial charge < -0.3 is 10.6 Å².